The van der Waals surface area contributed by atoms with Crippen LogP contribution in [-0.2, 0) is 0 Å². The van der Waals surface area contributed by atoms with Crippen molar-refractivity contribution >= 4 is 40.7 Å². The molecule has 1 aliphatic heterocycles. The highest BCUT2D eigenvalue weighted by molar-refractivity contribution is 9.10. The third kappa shape index (κ3) is 4.90. The first-order valence-corrected chi connectivity index (χ1v) is 7.86. The molecule has 1 heterocycles. The summed E-state index contributed by atoms with van der Waals surface area (Å²) >= 11 is 3.53. The third-order valence-corrected chi connectivity index (χ3v) is 4.61. The fraction of sp³-hybridized carbons (Fsp3) is 0.600. The summed E-state index contributed by atoms with van der Waals surface area (Å²) in [6.45, 7) is 6.51. The van der Waals surface area contributed by atoms with Crippen molar-refractivity contribution in [2.24, 2.45) is 0 Å². The number of nitrogens with zero attached hydrogens (tertiary/aromatic N) is 1. The Kier molecular flexibility index (Phi) is 10.5. The van der Waals surface area contributed by atoms with Crippen LogP contribution in [0.5, 0.6) is 11.5 Å². The Bertz CT molecular complexity index is 432. The molecule has 0 amide bonds. The van der Waals surface area contributed by atoms with Gasteiger partial charge < -0.3 is 14.8 Å². The molecule has 0 unspecified atom stereocenters. The van der Waals surface area contributed by atoms with Gasteiger partial charge in [-0.1, -0.05) is 6.92 Å². The monoisotopic (exact) mass is 414 g/mol. The van der Waals surface area contributed by atoms with Crippen molar-refractivity contribution in [1.29, 1.82) is 0 Å². The van der Waals surface area contributed by atoms with Gasteiger partial charge in [0.2, 0.25) is 0 Å². The lowest BCUT2D eigenvalue weighted by atomic mass is 10.0. The second kappa shape index (κ2) is 10.6. The Balaban J connectivity index is 0.00000220. The Labute approximate surface area is 153 Å². The van der Waals surface area contributed by atoms with Crippen LogP contribution in [0.1, 0.15) is 24.9 Å². The maximum absolute atomic E-state index is 5.45. The largest absolute Gasteiger partial charge is 0.495 e. The molecular weight excluding hydrogens is 391 g/mol. The van der Waals surface area contributed by atoms with E-state index < -0.39 is 0 Å². The summed E-state index contributed by atoms with van der Waals surface area (Å²) in [5.41, 5.74) is 1.26. The van der Waals surface area contributed by atoms with Gasteiger partial charge in [-0.25, -0.2) is 0 Å². The lowest BCUT2D eigenvalue weighted by Gasteiger charge is -2.35. The number of hydrogen-bond donors (Lipinski definition) is 1. The van der Waals surface area contributed by atoms with Crippen LogP contribution in [-0.4, -0.2) is 45.3 Å². The number of halogens is 3. The van der Waals surface area contributed by atoms with Crippen molar-refractivity contribution in [2.45, 2.75) is 19.4 Å². The van der Waals surface area contributed by atoms with E-state index in [1.54, 1.807) is 14.2 Å². The van der Waals surface area contributed by atoms with E-state index in [1.165, 1.54) is 5.56 Å². The van der Waals surface area contributed by atoms with E-state index in [0.717, 1.165) is 48.6 Å². The minimum Gasteiger partial charge on any atom is -0.495 e. The van der Waals surface area contributed by atoms with Gasteiger partial charge in [-0.05, 0) is 40.0 Å². The summed E-state index contributed by atoms with van der Waals surface area (Å²) in [6.07, 6.45) is 1.08. The molecule has 1 fully saturated rings. The van der Waals surface area contributed by atoms with Gasteiger partial charge in [0.05, 0.1) is 14.2 Å². The first-order chi connectivity index (χ1) is 9.71. The van der Waals surface area contributed by atoms with Crippen molar-refractivity contribution in [3.05, 3.63) is 22.2 Å². The van der Waals surface area contributed by atoms with Crippen LogP contribution in [0.15, 0.2) is 16.6 Å². The fourth-order valence-electron chi connectivity index (χ4n) is 2.78. The number of benzene rings is 1. The van der Waals surface area contributed by atoms with Gasteiger partial charge in [0.15, 0.2) is 0 Å². The van der Waals surface area contributed by atoms with E-state index in [4.69, 9.17) is 9.47 Å². The van der Waals surface area contributed by atoms with Gasteiger partial charge >= 0.3 is 0 Å². The van der Waals surface area contributed by atoms with Crippen molar-refractivity contribution in [2.75, 3.05) is 40.4 Å². The summed E-state index contributed by atoms with van der Waals surface area (Å²) < 4.78 is 11.8. The van der Waals surface area contributed by atoms with Crippen molar-refractivity contribution in [1.82, 2.24) is 10.2 Å². The SMILES string of the molecule is CC[C@H](c1cc(OC)c(Br)c(OC)c1)N1CCNCC1.Cl.Cl. The first-order valence-electron chi connectivity index (χ1n) is 7.07. The second-order valence-electron chi connectivity index (χ2n) is 4.95. The van der Waals surface area contributed by atoms with Crippen molar-refractivity contribution < 1.29 is 9.47 Å². The highest BCUT2D eigenvalue weighted by atomic mass is 79.9. The molecule has 0 saturated carbocycles. The first kappa shape index (κ1) is 21.8. The van der Waals surface area contributed by atoms with Gasteiger partial charge in [0.1, 0.15) is 16.0 Å². The van der Waals surface area contributed by atoms with Crippen molar-refractivity contribution in [3.8, 4) is 11.5 Å². The summed E-state index contributed by atoms with van der Waals surface area (Å²) in [7, 11) is 3.38. The molecular formula is C15H25BrCl2N2O2. The number of ether oxygens (including phenoxy) is 2. The van der Waals surface area contributed by atoms with Gasteiger partial charge in [-0.2, -0.15) is 0 Å². The molecule has 0 aromatic heterocycles. The Morgan fingerprint density at radius 3 is 2.05 bits per heavy atom. The molecule has 7 heteroatoms. The highest BCUT2D eigenvalue weighted by Gasteiger charge is 2.22. The van der Waals surface area contributed by atoms with E-state index in [0.29, 0.717) is 6.04 Å². The van der Waals surface area contributed by atoms with Crippen LogP contribution in [0.4, 0.5) is 0 Å². The number of nitrogens with one attached hydrogen (secondary N) is 1. The molecule has 2 rings (SSSR count). The van der Waals surface area contributed by atoms with Gasteiger partial charge in [-0.15, -0.1) is 24.8 Å². The quantitative estimate of drug-likeness (QED) is 0.795. The minimum atomic E-state index is 0. The fourth-order valence-corrected chi connectivity index (χ4v) is 3.33. The zero-order chi connectivity index (χ0) is 14.5. The predicted molar refractivity (Wildman–Crippen MR) is 99.2 cm³/mol. The van der Waals surface area contributed by atoms with Gasteiger partial charge in [0, 0.05) is 32.2 Å². The lowest BCUT2D eigenvalue weighted by Crippen LogP contribution is -2.45. The average Bonchev–Trinajstić information content (AvgIpc) is 2.50. The summed E-state index contributed by atoms with van der Waals surface area (Å²) in [4.78, 5) is 2.53. The molecule has 128 valence electrons. The number of piperazine rings is 1. The maximum atomic E-state index is 5.45. The molecule has 1 atom stereocenters. The Morgan fingerprint density at radius 2 is 1.64 bits per heavy atom. The van der Waals surface area contributed by atoms with Crippen LogP contribution >= 0.6 is 40.7 Å². The minimum absolute atomic E-state index is 0. The molecule has 0 spiro atoms. The molecule has 0 bridgehead atoms. The average molecular weight is 416 g/mol. The highest BCUT2D eigenvalue weighted by Crippen LogP contribution is 2.39. The zero-order valence-electron chi connectivity index (χ0n) is 13.2. The third-order valence-electron chi connectivity index (χ3n) is 3.83. The zero-order valence-corrected chi connectivity index (χ0v) is 16.4. The van der Waals surface area contributed by atoms with E-state index in [2.05, 4.69) is 45.2 Å². The van der Waals surface area contributed by atoms with Crippen LogP contribution in [0.25, 0.3) is 0 Å². The van der Waals surface area contributed by atoms with Crippen LogP contribution < -0.4 is 14.8 Å². The Hall–Kier alpha value is -0.200. The molecule has 1 aliphatic rings. The molecule has 1 N–H and O–H groups in total. The smallest absolute Gasteiger partial charge is 0.137 e. The number of methoxy groups -OCH3 is 2. The van der Waals surface area contributed by atoms with E-state index in [-0.39, 0.29) is 24.8 Å². The van der Waals surface area contributed by atoms with Crippen LogP contribution in [0, 0.1) is 0 Å². The van der Waals surface area contributed by atoms with Crippen LogP contribution in [0.2, 0.25) is 0 Å². The van der Waals surface area contributed by atoms with Gasteiger partial charge in [0.25, 0.3) is 0 Å². The topological polar surface area (TPSA) is 33.7 Å². The maximum Gasteiger partial charge on any atom is 0.137 e. The summed E-state index contributed by atoms with van der Waals surface area (Å²) in [5, 5.41) is 3.40. The second-order valence-corrected chi connectivity index (χ2v) is 5.74. The molecule has 1 saturated heterocycles. The normalized spacial score (nSPS) is 16.2. The number of hydrogen-bond acceptors (Lipinski definition) is 4. The predicted octanol–water partition coefficient (Wildman–Crippen LogP) is 3.67. The molecule has 22 heavy (non-hydrogen) atoms. The molecule has 1 aromatic rings. The van der Waals surface area contributed by atoms with Crippen molar-refractivity contribution in [3.63, 3.8) is 0 Å². The van der Waals surface area contributed by atoms with Gasteiger partial charge in [-0.3, -0.25) is 4.90 Å². The lowest BCUT2D eigenvalue weighted by molar-refractivity contribution is 0.169. The molecule has 0 aliphatic carbocycles. The summed E-state index contributed by atoms with van der Waals surface area (Å²) in [5.74, 6) is 1.65. The molecule has 0 radical (unpaired) electrons. The molecule has 4 nitrogen and oxygen atoms in total. The standard InChI is InChI=1S/C15H23BrN2O2.2ClH/c1-4-12(18-7-5-17-6-8-18)11-9-13(19-2)15(16)14(10-11)20-3;;/h9-10,12,17H,4-8H2,1-3H3;2*1H/t12-;;/m1../s1. The Morgan fingerprint density at radius 1 is 1.14 bits per heavy atom. The van der Waals surface area contributed by atoms with E-state index >= 15 is 0 Å². The number of rotatable bonds is 5. The summed E-state index contributed by atoms with van der Waals surface area (Å²) in [6, 6.07) is 4.64. The van der Waals surface area contributed by atoms with E-state index in [9.17, 15) is 0 Å². The van der Waals surface area contributed by atoms with Crippen LogP contribution in [0.3, 0.4) is 0 Å². The molecule has 1 aromatic carbocycles. The van der Waals surface area contributed by atoms with E-state index in [1.807, 2.05) is 0 Å².